The average Bonchev–Trinajstić information content (AvgIpc) is 3.53. The molecular formula is C35H22N2O. The quantitative estimate of drug-likeness (QED) is 0.249. The zero-order chi connectivity index (χ0) is 25.1. The Hall–Kier alpha value is -5.15. The highest BCUT2D eigenvalue weighted by Crippen LogP contribution is 2.36. The predicted molar refractivity (Wildman–Crippen MR) is 157 cm³/mol. The fourth-order valence-electron chi connectivity index (χ4n) is 5.66. The summed E-state index contributed by atoms with van der Waals surface area (Å²) in [7, 11) is 0. The van der Waals surface area contributed by atoms with Crippen molar-refractivity contribution >= 4 is 43.7 Å². The van der Waals surface area contributed by atoms with Gasteiger partial charge in [0.2, 0.25) is 0 Å². The molecule has 0 atom stereocenters. The molecule has 0 unspecified atom stereocenters. The SMILES string of the molecule is c1ccc(-n2c3ccc(-c4ccc(-c5ccc6oc7ccccc7c6c5)cc4)cc3c3ccncc32)cc1. The van der Waals surface area contributed by atoms with E-state index in [2.05, 4.69) is 113 Å². The number of para-hydroxylation sites is 2. The highest BCUT2D eigenvalue weighted by atomic mass is 16.3. The van der Waals surface area contributed by atoms with Gasteiger partial charge in [-0.1, -0.05) is 72.8 Å². The summed E-state index contributed by atoms with van der Waals surface area (Å²) in [4.78, 5) is 4.42. The van der Waals surface area contributed by atoms with Crippen LogP contribution in [-0.4, -0.2) is 9.55 Å². The predicted octanol–water partition coefficient (Wildman–Crippen LogP) is 9.41. The molecule has 0 amide bonds. The highest BCUT2D eigenvalue weighted by molar-refractivity contribution is 6.10. The highest BCUT2D eigenvalue weighted by Gasteiger charge is 2.14. The van der Waals surface area contributed by atoms with Gasteiger partial charge in [-0.3, -0.25) is 4.98 Å². The minimum atomic E-state index is 0.921. The maximum absolute atomic E-state index is 6.01. The van der Waals surface area contributed by atoms with Gasteiger partial charge in [0.1, 0.15) is 11.2 Å². The van der Waals surface area contributed by atoms with Crippen molar-refractivity contribution in [2.45, 2.75) is 0 Å². The first-order chi connectivity index (χ1) is 18.8. The van der Waals surface area contributed by atoms with E-state index in [-0.39, 0.29) is 0 Å². The molecule has 0 N–H and O–H groups in total. The molecule has 178 valence electrons. The van der Waals surface area contributed by atoms with Crippen LogP contribution in [0.15, 0.2) is 138 Å². The first-order valence-electron chi connectivity index (χ1n) is 12.8. The van der Waals surface area contributed by atoms with Gasteiger partial charge in [0.15, 0.2) is 0 Å². The van der Waals surface area contributed by atoms with Gasteiger partial charge in [-0.2, -0.15) is 0 Å². The van der Waals surface area contributed by atoms with E-state index >= 15 is 0 Å². The lowest BCUT2D eigenvalue weighted by molar-refractivity contribution is 0.669. The number of aromatic nitrogens is 2. The molecule has 0 bridgehead atoms. The van der Waals surface area contributed by atoms with Gasteiger partial charge in [0, 0.05) is 33.4 Å². The van der Waals surface area contributed by atoms with Crippen molar-refractivity contribution < 1.29 is 4.42 Å². The van der Waals surface area contributed by atoms with Crippen molar-refractivity contribution in [3.05, 3.63) is 134 Å². The normalized spacial score (nSPS) is 11.7. The molecule has 5 aromatic carbocycles. The Morgan fingerprint density at radius 2 is 1.13 bits per heavy atom. The Balaban J connectivity index is 1.22. The molecule has 38 heavy (non-hydrogen) atoms. The van der Waals surface area contributed by atoms with Gasteiger partial charge >= 0.3 is 0 Å². The molecule has 0 aliphatic rings. The molecule has 8 rings (SSSR count). The van der Waals surface area contributed by atoms with Gasteiger partial charge in [0.25, 0.3) is 0 Å². The maximum Gasteiger partial charge on any atom is 0.135 e. The number of hydrogen-bond acceptors (Lipinski definition) is 2. The summed E-state index contributed by atoms with van der Waals surface area (Å²) in [6, 6.07) is 42.8. The van der Waals surface area contributed by atoms with E-state index < -0.39 is 0 Å². The van der Waals surface area contributed by atoms with Gasteiger partial charge in [-0.15, -0.1) is 0 Å². The van der Waals surface area contributed by atoms with E-state index in [9.17, 15) is 0 Å². The van der Waals surface area contributed by atoms with Crippen molar-refractivity contribution in [3.8, 4) is 27.9 Å². The van der Waals surface area contributed by atoms with Crippen LogP contribution in [-0.2, 0) is 0 Å². The molecule has 3 heteroatoms. The minimum absolute atomic E-state index is 0.921. The number of furan rings is 1. The summed E-state index contributed by atoms with van der Waals surface area (Å²) in [5.74, 6) is 0. The van der Waals surface area contributed by atoms with Crippen LogP contribution in [0.4, 0.5) is 0 Å². The van der Waals surface area contributed by atoms with Crippen LogP contribution in [0, 0.1) is 0 Å². The fraction of sp³-hybridized carbons (Fsp3) is 0. The van der Waals surface area contributed by atoms with Gasteiger partial charge in [-0.25, -0.2) is 0 Å². The van der Waals surface area contributed by atoms with Crippen LogP contribution in [0.5, 0.6) is 0 Å². The Morgan fingerprint density at radius 3 is 1.95 bits per heavy atom. The Kier molecular flexibility index (Phi) is 4.52. The Morgan fingerprint density at radius 1 is 0.474 bits per heavy atom. The maximum atomic E-state index is 6.01. The summed E-state index contributed by atoms with van der Waals surface area (Å²) in [6.07, 6.45) is 3.83. The second-order valence-corrected chi connectivity index (χ2v) is 9.68. The second-order valence-electron chi connectivity index (χ2n) is 9.68. The van der Waals surface area contributed by atoms with Gasteiger partial charge in [-0.05, 0) is 70.8 Å². The summed E-state index contributed by atoms with van der Waals surface area (Å²) in [5.41, 5.74) is 10.0. The molecule has 0 saturated carbocycles. The Labute approximate surface area is 219 Å². The number of pyridine rings is 1. The van der Waals surface area contributed by atoms with Crippen molar-refractivity contribution in [1.82, 2.24) is 9.55 Å². The molecule has 3 aromatic heterocycles. The van der Waals surface area contributed by atoms with E-state index in [1.807, 2.05) is 30.6 Å². The van der Waals surface area contributed by atoms with Crippen molar-refractivity contribution in [1.29, 1.82) is 0 Å². The molecule has 0 aliphatic carbocycles. The van der Waals surface area contributed by atoms with Crippen LogP contribution in [0.1, 0.15) is 0 Å². The smallest absolute Gasteiger partial charge is 0.135 e. The largest absolute Gasteiger partial charge is 0.456 e. The molecular weight excluding hydrogens is 464 g/mol. The monoisotopic (exact) mass is 486 g/mol. The van der Waals surface area contributed by atoms with Crippen molar-refractivity contribution in [2.24, 2.45) is 0 Å². The van der Waals surface area contributed by atoms with Gasteiger partial charge < -0.3 is 8.98 Å². The van der Waals surface area contributed by atoms with Crippen LogP contribution in [0.3, 0.4) is 0 Å². The number of fused-ring (bicyclic) bond motifs is 6. The molecule has 8 aromatic rings. The summed E-state index contributed by atoms with van der Waals surface area (Å²) in [6.45, 7) is 0. The third-order valence-electron chi connectivity index (χ3n) is 7.51. The molecule has 3 nitrogen and oxygen atoms in total. The lowest BCUT2D eigenvalue weighted by Crippen LogP contribution is -1.93. The molecule has 0 spiro atoms. The first kappa shape index (κ1) is 21.0. The lowest BCUT2D eigenvalue weighted by Gasteiger charge is -2.08. The molecule has 0 radical (unpaired) electrons. The number of hydrogen-bond donors (Lipinski definition) is 0. The van der Waals surface area contributed by atoms with Crippen molar-refractivity contribution in [3.63, 3.8) is 0 Å². The van der Waals surface area contributed by atoms with Gasteiger partial charge in [0.05, 0.1) is 17.2 Å². The number of rotatable bonds is 3. The number of benzene rings is 5. The zero-order valence-electron chi connectivity index (χ0n) is 20.5. The standard InChI is InChI=1S/C35H22N2O/c1-2-6-27(7-3-1)37-32-16-14-25(20-30(32)28-18-19-36-22-33(28)37)23-10-12-24(13-11-23)26-15-17-35-31(21-26)29-8-4-5-9-34(29)38-35/h1-22H. The van der Waals surface area contributed by atoms with E-state index in [0.717, 1.165) is 33.1 Å². The summed E-state index contributed by atoms with van der Waals surface area (Å²) in [5, 5.41) is 4.74. The third-order valence-corrected chi connectivity index (χ3v) is 7.51. The van der Waals surface area contributed by atoms with Crippen molar-refractivity contribution in [2.75, 3.05) is 0 Å². The van der Waals surface area contributed by atoms with Crippen LogP contribution in [0.25, 0.3) is 71.7 Å². The number of nitrogens with zero attached hydrogens (tertiary/aromatic N) is 2. The molecule has 0 saturated heterocycles. The molecule has 3 heterocycles. The van der Waals surface area contributed by atoms with E-state index in [1.54, 1.807) is 0 Å². The Bertz CT molecular complexity index is 2120. The summed E-state index contributed by atoms with van der Waals surface area (Å²) < 4.78 is 8.30. The van der Waals surface area contributed by atoms with E-state index in [4.69, 9.17) is 4.42 Å². The van der Waals surface area contributed by atoms with E-state index in [0.29, 0.717) is 0 Å². The van der Waals surface area contributed by atoms with Crippen LogP contribution >= 0.6 is 0 Å². The minimum Gasteiger partial charge on any atom is -0.456 e. The van der Waals surface area contributed by atoms with E-state index in [1.165, 1.54) is 38.5 Å². The fourth-order valence-corrected chi connectivity index (χ4v) is 5.66. The third kappa shape index (κ3) is 3.19. The zero-order valence-corrected chi connectivity index (χ0v) is 20.5. The average molecular weight is 487 g/mol. The topological polar surface area (TPSA) is 31.0 Å². The molecule has 0 fully saturated rings. The second kappa shape index (κ2) is 8.19. The van der Waals surface area contributed by atoms with Crippen LogP contribution in [0.2, 0.25) is 0 Å². The first-order valence-corrected chi connectivity index (χ1v) is 12.8. The summed E-state index contributed by atoms with van der Waals surface area (Å²) >= 11 is 0. The van der Waals surface area contributed by atoms with Crippen LogP contribution < -0.4 is 0 Å². The lowest BCUT2D eigenvalue weighted by atomic mass is 9.98. The molecule has 0 aliphatic heterocycles.